The van der Waals surface area contributed by atoms with Crippen LogP contribution in [-0.2, 0) is 6.42 Å². The predicted molar refractivity (Wildman–Crippen MR) is 83.9 cm³/mol. The van der Waals surface area contributed by atoms with Crippen LogP contribution in [0, 0.1) is 0 Å². The van der Waals surface area contributed by atoms with Gasteiger partial charge in [0, 0.05) is 0 Å². The third-order valence-electron chi connectivity index (χ3n) is 4.04. The van der Waals surface area contributed by atoms with Crippen LogP contribution in [0.5, 0.6) is 5.75 Å². The third kappa shape index (κ3) is 1.70. The Labute approximate surface area is 121 Å². The van der Waals surface area contributed by atoms with E-state index in [4.69, 9.17) is 9.15 Å². The van der Waals surface area contributed by atoms with Gasteiger partial charge in [-0.1, -0.05) is 24.3 Å². The Morgan fingerprint density at radius 2 is 1.95 bits per heavy atom. The van der Waals surface area contributed by atoms with Crippen molar-refractivity contribution >= 4 is 28.0 Å². The lowest BCUT2D eigenvalue weighted by Crippen LogP contribution is -2.08. The van der Waals surface area contributed by atoms with Gasteiger partial charge in [-0.2, -0.15) is 0 Å². The van der Waals surface area contributed by atoms with Crippen LogP contribution in [0.4, 0.5) is 0 Å². The van der Waals surface area contributed by atoms with Gasteiger partial charge in [0.05, 0.1) is 12.5 Å². The molecular weight excluding hydrogens is 264 g/mol. The zero-order valence-corrected chi connectivity index (χ0v) is 11.7. The van der Waals surface area contributed by atoms with E-state index in [2.05, 4.69) is 12.1 Å². The fourth-order valence-electron chi connectivity index (χ4n) is 3.04. The standard InChI is InChI=1S/C18H14O3/c1-20-13-7-4-8-14-17(13)18(19)16-12-6-3-2-5-11(12)9-10-15(16)21-14/h3-4,6-10H,2,5H2,1H3. The van der Waals surface area contributed by atoms with Gasteiger partial charge in [0.15, 0.2) is 0 Å². The van der Waals surface area contributed by atoms with Crippen LogP contribution >= 0.6 is 0 Å². The molecule has 0 unspecified atom stereocenters. The Balaban J connectivity index is 2.25. The zero-order valence-electron chi connectivity index (χ0n) is 11.7. The van der Waals surface area contributed by atoms with E-state index < -0.39 is 0 Å². The molecule has 0 aliphatic heterocycles. The first kappa shape index (κ1) is 12.2. The van der Waals surface area contributed by atoms with Gasteiger partial charge in [-0.3, -0.25) is 4.79 Å². The monoisotopic (exact) mass is 278 g/mol. The van der Waals surface area contributed by atoms with Crippen molar-refractivity contribution < 1.29 is 9.15 Å². The number of allylic oxidation sites excluding steroid dienone is 1. The molecule has 104 valence electrons. The van der Waals surface area contributed by atoms with E-state index in [0.29, 0.717) is 27.7 Å². The van der Waals surface area contributed by atoms with Crippen LogP contribution in [0.1, 0.15) is 17.5 Å². The first-order valence-corrected chi connectivity index (χ1v) is 7.01. The summed E-state index contributed by atoms with van der Waals surface area (Å²) in [5.74, 6) is 0.556. The second-order valence-corrected chi connectivity index (χ2v) is 5.22. The largest absolute Gasteiger partial charge is 0.496 e. The Morgan fingerprint density at radius 3 is 2.81 bits per heavy atom. The summed E-state index contributed by atoms with van der Waals surface area (Å²) in [6.07, 6.45) is 6.11. The Kier molecular flexibility index (Phi) is 2.61. The van der Waals surface area contributed by atoms with Crippen LogP contribution in [-0.4, -0.2) is 7.11 Å². The van der Waals surface area contributed by atoms with Gasteiger partial charge in [-0.05, 0) is 42.2 Å². The molecule has 1 aromatic heterocycles. The third-order valence-corrected chi connectivity index (χ3v) is 4.04. The number of fused-ring (bicyclic) bond motifs is 4. The summed E-state index contributed by atoms with van der Waals surface area (Å²) in [5, 5.41) is 1.17. The molecule has 1 aliphatic rings. The first-order chi connectivity index (χ1) is 10.3. The number of benzene rings is 2. The van der Waals surface area contributed by atoms with Crippen molar-refractivity contribution in [3.05, 3.63) is 57.8 Å². The second kappa shape index (κ2) is 4.48. The smallest absolute Gasteiger partial charge is 0.204 e. The number of hydrogen-bond acceptors (Lipinski definition) is 3. The maximum Gasteiger partial charge on any atom is 0.204 e. The predicted octanol–water partition coefficient (Wildman–Crippen LogP) is 3.91. The van der Waals surface area contributed by atoms with E-state index in [9.17, 15) is 4.79 Å². The van der Waals surface area contributed by atoms with Gasteiger partial charge >= 0.3 is 0 Å². The van der Waals surface area contributed by atoms with Gasteiger partial charge in [0.25, 0.3) is 0 Å². The molecule has 0 amide bonds. The molecule has 0 atom stereocenters. The second-order valence-electron chi connectivity index (χ2n) is 5.22. The highest BCUT2D eigenvalue weighted by Gasteiger charge is 2.17. The zero-order chi connectivity index (χ0) is 14.4. The van der Waals surface area contributed by atoms with Crippen molar-refractivity contribution in [2.75, 3.05) is 7.11 Å². The van der Waals surface area contributed by atoms with E-state index in [1.54, 1.807) is 19.2 Å². The number of ether oxygens (including phenoxy) is 1. The molecule has 0 bridgehead atoms. The first-order valence-electron chi connectivity index (χ1n) is 7.01. The fourth-order valence-corrected chi connectivity index (χ4v) is 3.04. The number of aryl methyl sites for hydroxylation is 1. The Morgan fingerprint density at radius 1 is 1.10 bits per heavy atom. The van der Waals surface area contributed by atoms with E-state index in [1.807, 2.05) is 18.2 Å². The minimum Gasteiger partial charge on any atom is -0.496 e. The van der Waals surface area contributed by atoms with Gasteiger partial charge in [-0.15, -0.1) is 0 Å². The summed E-state index contributed by atoms with van der Waals surface area (Å²) >= 11 is 0. The average molecular weight is 278 g/mol. The Hall–Kier alpha value is -2.55. The van der Waals surface area contributed by atoms with Gasteiger partial charge in [-0.25, -0.2) is 0 Å². The van der Waals surface area contributed by atoms with Crippen molar-refractivity contribution in [1.82, 2.24) is 0 Å². The van der Waals surface area contributed by atoms with Crippen molar-refractivity contribution in [3.63, 3.8) is 0 Å². The lowest BCUT2D eigenvalue weighted by Gasteiger charge is -2.13. The van der Waals surface area contributed by atoms with Crippen LogP contribution in [0.2, 0.25) is 0 Å². The molecule has 0 N–H and O–H groups in total. The fraction of sp³-hybridized carbons (Fsp3) is 0.167. The molecule has 1 aliphatic carbocycles. The molecule has 0 spiro atoms. The van der Waals surface area contributed by atoms with E-state index in [0.717, 1.165) is 18.4 Å². The van der Waals surface area contributed by atoms with Gasteiger partial charge < -0.3 is 9.15 Å². The van der Waals surface area contributed by atoms with Gasteiger partial charge in [0.2, 0.25) is 5.43 Å². The summed E-state index contributed by atoms with van der Waals surface area (Å²) in [5.41, 5.74) is 3.36. The molecule has 4 rings (SSSR count). The van der Waals surface area contributed by atoms with E-state index in [1.165, 1.54) is 5.56 Å². The topological polar surface area (TPSA) is 39.4 Å². The molecule has 0 saturated carbocycles. The van der Waals surface area contributed by atoms with Crippen LogP contribution in [0.3, 0.4) is 0 Å². The quantitative estimate of drug-likeness (QED) is 0.633. The van der Waals surface area contributed by atoms with Crippen LogP contribution < -0.4 is 10.2 Å². The maximum absolute atomic E-state index is 13.0. The molecule has 3 nitrogen and oxygen atoms in total. The van der Waals surface area contributed by atoms with Crippen molar-refractivity contribution in [1.29, 1.82) is 0 Å². The molecule has 3 aromatic rings. The average Bonchev–Trinajstić information content (AvgIpc) is 2.53. The summed E-state index contributed by atoms with van der Waals surface area (Å²) in [4.78, 5) is 13.0. The normalized spacial score (nSPS) is 13.6. The lowest BCUT2D eigenvalue weighted by atomic mass is 9.93. The Bertz CT molecular complexity index is 948. The number of rotatable bonds is 1. The summed E-state index contributed by atoms with van der Waals surface area (Å²) < 4.78 is 11.2. The molecule has 3 heteroatoms. The molecule has 2 aromatic carbocycles. The van der Waals surface area contributed by atoms with Crippen LogP contribution in [0.25, 0.3) is 28.0 Å². The molecular formula is C18H14O3. The molecule has 1 heterocycles. The number of hydrogen-bond donors (Lipinski definition) is 0. The van der Waals surface area contributed by atoms with E-state index >= 15 is 0 Å². The molecule has 21 heavy (non-hydrogen) atoms. The van der Waals surface area contributed by atoms with Crippen molar-refractivity contribution in [3.8, 4) is 5.75 Å². The molecule has 0 fully saturated rings. The van der Waals surface area contributed by atoms with E-state index in [-0.39, 0.29) is 5.43 Å². The minimum absolute atomic E-state index is 0.0212. The highest BCUT2D eigenvalue weighted by molar-refractivity contribution is 5.97. The van der Waals surface area contributed by atoms with Crippen LogP contribution in [0.15, 0.2) is 45.6 Å². The highest BCUT2D eigenvalue weighted by atomic mass is 16.5. The molecule has 0 radical (unpaired) electrons. The highest BCUT2D eigenvalue weighted by Crippen LogP contribution is 2.30. The lowest BCUT2D eigenvalue weighted by molar-refractivity contribution is 0.419. The summed E-state index contributed by atoms with van der Waals surface area (Å²) in [6.45, 7) is 0. The minimum atomic E-state index is -0.0212. The summed E-state index contributed by atoms with van der Waals surface area (Å²) in [7, 11) is 1.57. The molecule has 0 saturated heterocycles. The van der Waals surface area contributed by atoms with Gasteiger partial charge in [0.1, 0.15) is 22.3 Å². The van der Waals surface area contributed by atoms with Crippen molar-refractivity contribution in [2.45, 2.75) is 12.8 Å². The maximum atomic E-state index is 13.0. The number of methoxy groups -OCH3 is 1. The van der Waals surface area contributed by atoms with Crippen molar-refractivity contribution in [2.24, 2.45) is 0 Å². The summed E-state index contributed by atoms with van der Waals surface area (Å²) in [6, 6.07) is 9.36. The SMILES string of the molecule is COc1cccc2oc3ccc4c(c3c(=O)c12)C=CCC4.